The third kappa shape index (κ3) is 7.79. The molecule has 6 heteroatoms. The fourth-order valence-corrected chi connectivity index (χ4v) is 5.38. The van der Waals surface area contributed by atoms with Crippen molar-refractivity contribution in [3.63, 3.8) is 0 Å². The summed E-state index contributed by atoms with van der Waals surface area (Å²) in [6, 6.07) is 39.6. The Bertz CT molecular complexity index is 1560. The highest BCUT2D eigenvalue weighted by Gasteiger charge is 2.26. The van der Waals surface area contributed by atoms with Crippen LogP contribution >= 0.6 is 0 Å². The Morgan fingerprint density at radius 2 is 1.40 bits per heavy atom. The molecule has 0 bridgehead atoms. The minimum absolute atomic E-state index is 0.00700. The zero-order valence-corrected chi connectivity index (χ0v) is 25.1. The van der Waals surface area contributed by atoms with Crippen LogP contribution in [0.15, 0.2) is 115 Å². The molecule has 4 aromatic carbocycles. The molecule has 0 saturated heterocycles. The Morgan fingerprint density at radius 1 is 0.767 bits per heavy atom. The lowest BCUT2D eigenvalue weighted by atomic mass is 9.98. The highest BCUT2D eigenvalue weighted by molar-refractivity contribution is 5.89. The van der Waals surface area contributed by atoms with Crippen LogP contribution in [0.25, 0.3) is 22.6 Å². The summed E-state index contributed by atoms with van der Waals surface area (Å²) in [5, 5.41) is 9.57. The van der Waals surface area contributed by atoms with Crippen molar-refractivity contribution in [3.8, 4) is 22.6 Å². The van der Waals surface area contributed by atoms with Crippen LogP contribution in [0.2, 0.25) is 0 Å². The van der Waals surface area contributed by atoms with E-state index in [1.54, 1.807) is 0 Å². The van der Waals surface area contributed by atoms with Crippen molar-refractivity contribution in [3.05, 3.63) is 132 Å². The van der Waals surface area contributed by atoms with Gasteiger partial charge in [-0.25, -0.2) is 9.78 Å². The second-order valence-electron chi connectivity index (χ2n) is 10.7. The number of benzene rings is 4. The van der Waals surface area contributed by atoms with Crippen molar-refractivity contribution < 1.29 is 4.79 Å². The van der Waals surface area contributed by atoms with Gasteiger partial charge < -0.3 is 20.5 Å². The predicted octanol–water partition coefficient (Wildman–Crippen LogP) is 8.23. The number of hydrogen-bond acceptors (Lipinski definition) is 3. The number of aromatic nitrogens is 2. The molecule has 5 aromatic rings. The lowest BCUT2D eigenvalue weighted by Gasteiger charge is -2.24. The Morgan fingerprint density at radius 3 is 2.02 bits per heavy atom. The third-order valence-electron chi connectivity index (χ3n) is 7.54. The van der Waals surface area contributed by atoms with Gasteiger partial charge in [-0.15, -0.1) is 0 Å². The molecule has 3 N–H and O–H groups in total. The van der Waals surface area contributed by atoms with Gasteiger partial charge >= 0.3 is 6.03 Å². The molecule has 220 valence electrons. The molecule has 0 aliphatic carbocycles. The number of rotatable bonds is 13. The van der Waals surface area contributed by atoms with E-state index in [1.165, 1.54) is 11.3 Å². The van der Waals surface area contributed by atoms with Crippen molar-refractivity contribution in [1.82, 2.24) is 20.2 Å². The molecule has 0 fully saturated rings. The first kappa shape index (κ1) is 29.8. The van der Waals surface area contributed by atoms with Gasteiger partial charge in [0.15, 0.2) is 0 Å². The Hall–Kier alpha value is -4.68. The lowest BCUT2D eigenvalue weighted by Crippen LogP contribution is -2.28. The molecule has 0 aliphatic heterocycles. The van der Waals surface area contributed by atoms with E-state index in [1.807, 2.05) is 19.1 Å². The van der Waals surface area contributed by atoms with Gasteiger partial charge in [0, 0.05) is 36.4 Å². The Balaban J connectivity index is 1.55. The van der Waals surface area contributed by atoms with E-state index in [2.05, 4.69) is 131 Å². The van der Waals surface area contributed by atoms with Crippen molar-refractivity contribution in [2.45, 2.75) is 52.2 Å². The summed E-state index contributed by atoms with van der Waals surface area (Å²) in [4.78, 5) is 17.3. The maximum Gasteiger partial charge on any atom is 0.319 e. The quantitative estimate of drug-likeness (QED) is 0.133. The minimum atomic E-state index is -0.195. The summed E-state index contributed by atoms with van der Waals surface area (Å²) in [6.07, 6.45) is 2.99. The number of anilines is 1. The molecular weight excluding hydrogens is 530 g/mol. The molecule has 43 heavy (non-hydrogen) atoms. The summed E-state index contributed by atoms with van der Waals surface area (Å²) < 4.78 is 2.45. The molecule has 0 spiro atoms. The summed E-state index contributed by atoms with van der Waals surface area (Å²) in [5.41, 5.74) is 7.64. The number of imidazole rings is 1. The van der Waals surface area contributed by atoms with Crippen molar-refractivity contribution in [2.75, 3.05) is 11.9 Å². The van der Waals surface area contributed by atoms with Crippen LogP contribution in [-0.4, -0.2) is 22.1 Å². The second kappa shape index (κ2) is 15.0. The van der Waals surface area contributed by atoms with E-state index in [9.17, 15) is 4.79 Å². The van der Waals surface area contributed by atoms with Gasteiger partial charge in [-0.1, -0.05) is 116 Å². The monoisotopic (exact) mass is 571 g/mol. The molecular formula is C37H41N5O. The highest BCUT2D eigenvalue weighted by Crippen LogP contribution is 2.35. The molecule has 0 radical (unpaired) electrons. The van der Waals surface area contributed by atoms with Crippen molar-refractivity contribution in [2.24, 2.45) is 0 Å². The number of nitrogens with zero attached hydrogens (tertiary/aromatic N) is 2. The standard InChI is InChI=1S/C37H41N5O/c1-3-5-25-42-35(34(30-17-11-7-12-18-30)41-36(42)31-19-13-8-14-20-31)33(26-28-15-9-6-10-16-28)39-27-29-21-23-32(24-22-29)40-37(43)38-4-2/h6-24,33,39H,3-5,25-27H2,1-2H3,(H2,38,40,43). The molecule has 1 aromatic heterocycles. The smallest absolute Gasteiger partial charge is 0.319 e. The number of urea groups is 1. The van der Waals surface area contributed by atoms with E-state index in [0.29, 0.717) is 13.1 Å². The normalized spacial score (nSPS) is 11.7. The number of carbonyl (C=O) groups is 1. The van der Waals surface area contributed by atoms with E-state index < -0.39 is 0 Å². The van der Waals surface area contributed by atoms with Crippen LogP contribution < -0.4 is 16.0 Å². The largest absolute Gasteiger partial charge is 0.338 e. The Labute approximate surface area is 255 Å². The summed E-state index contributed by atoms with van der Waals surface area (Å²) in [5.74, 6) is 1.00. The fraction of sp³-hybridized carbons (Fsp3) is 0.243. The Kier molecular flexibility index (Phi) is 10.4. The number of hydrogen-bond donors (Lipinski definition) is 3. The third-order valence-corrected chi connectivity index (χ3v) is 7.54. The number of carbonyl (C=O) groups excluding carboxylic acids is 1. The van der Waals surface area contributed by atoms with Crippen molar-refractivity contribution in [1.29, 1.82) is 0 Å². The topological polar surface area (TPSA) is 71.0 Å². The van der Waals surface area contributed by atoms with E-state index in [0.717, 1.165) is 59.7 Å². The van der Waals surface area contributed by atoms with Crippen LogP contribution in [0.1, 0.15) is 49.6 Å². The maximum atomic E-state index is 12.0. The number of nitrogens with one attached hydrogen (secondary N) is 3. The molecule has 0 saturated carbocycles. The lowest BCUT2D eigenvalue weighted by molar-refractivity contribution is 0.252. The fourth-order valence-electron chi connectivity index (χ4n) is 5.38. The SMILES string of the molecule is CCCCn1c(-c2ccccc2)nc(-c2ccccc2)c1C(Cc1ccccc1)NCc1ccc(NC(=O)NCC)cc1. The van der Waals surface area contributed by atoms with Crippen LogP contribution in [0.5, 0.6) is 0 Å². The van der Waals surface area contributed by atoms with Crippen molar-refractivity contribution >= 4 is 11.7 Å². The highest BCUT2D eigenvalue weighted by atomic mass is 16.2. The van der Waals surface area contributed by atoms with Gasteiger partial charge in [0.25, 0.3) is 0 Å². The van der Waals surface area contributed by atoms with Gasteiger partial charge in [-0.05, 0) is 43.0 Å². The van der Waals surface area contributed by atoms with Crippen LogP contribution in [0.3, 0.4) is 0 Å². The zero-order valence-electron chi connectivity index (χ0n) is 25.1. The summed E-state index contributed by atoms with van der Waals surface area (Å²) in [7, 11) is 0. The zero-order chi connectivity index (χ0) is 29.9. The maximum absolute atomic E-state index is 12.0. The van der Waals surface area contributed by atoms with E-state index in [4.69, 9.17) is 4.98 Å². The minimum Gasteiger partial charge on any atom is -0.338 e. The predicted molar refractivity (Wildman–Crippen MR) is 177 cm³/mol. The van der Waals surface area contributed by atoms with Gasteiger partial charge in [-0.2, -0.15) is 0 Å². The van der Waals surface area contributed by atoms with E-state index >= 15 is 0 Å². The number of amides is 2. The molecule has 1 atom stereocenters. The van der Waals surface area contributed by atoms with Gasteiger partial charge in [-0.3, -0.25) is 0 Å². The van der Waals surface area contributed by atoms with Gasteiger partial charge in [0.1, 0.15) is 5.82 Å². The number of unbranched alkanes of at least 4 members (excludes halogenated alkanes) is 1. The summed E-state index contributed by atoms with van der Waals surface area (Å²) in [6.45, 7) is 6.29. The average molecular weight is 572 g/mol. The van der Waals surface area contributed by atoms with Gasteiger partial charge in [0.05, 0.1) is 17.4 Å². The molecule has 0 aliphatic rings. The first-order chi connectivity index (χ1) is 21.2. The molecule has 1 heterocycles. The van der Waals surface area contributed by atoms with Gasteiger partial charge in [0.2, 0.25) is 0 Å². The van der Waals surface area contributed by atoms with Crippen LogP contribution in [0, 0.1) is 0 Å². The van der Waals surface area contributed by atoms with E-state index in [-0.39, 0.29) is 12.1 Å². The summed E-state index contributed by atoms with van der Waals surface area (Å²) >= 11 is 0. The van der Waals surface area contributed by atoms with Crippen LogP contribution in [0.4, 0.5) is 10.5 Å². The first-order valence-electron chi connectivity index (χ1n) is 15.3. The first-order valence-corrected chi connectivity index (χ1v) is 15.3. The molecule has 2 amide bonds. The molecule has 1 unspecified atom stereocenters. The molecule has 6 nitrogen and oxygen atoms in total. The molecule has 5 rings (SSSR count). The van der Waals surface area contributed by atoms with Crippen LogP contribution in [-0.2, 0) is 19.5 Å². The average Bonchev–Trinajstić information content (AvgIpc) is 3.43. The second-order valence-corrected chi connectivity index (χ2v) is 10.7.